The van der Waals surface area contributed by atoms with Crippen molar-refractivity contribution in [2.75, 3.05) is 0 Å². The van der Waals surface area contributed by atoms with E-state index in [0.717, 1.165) is 20.8 Å². The first kappa shape index (κ1) is 32.2. The molecule has 0 aliphatic carbocycles. The first-order valence-electron chi connectivity index (χ1n) is 4.60. The number of aliphatic carboxylic acids is 3. The molecule has 0 fully saturated rings. The Bertz CT molecular complexity index is 225. The van der Waals surface area contributed by atoms with Crippen LogP contribution in [-0.4, -0.2) is 51.5 Å². The summed E-state index contributed by atoms with van der Waals surface area (Å²) in [5.41, 5.74) is 0. The van der Waals surface area contributed by atoms with Crippen molar-refractivity contribution < 1.29 is 101 Å². The largest absolute Gasteiger partial charge is 4.00 e. The van der Waals surface area contributed by atoms with E-state index < -0.39 is 36.2 Å². The smallest absolute Gasteiger partial charge is 0.547 e. The van der Waals surface area contributed by atoms with Gasteiger partial charge in [-0.2, -0.15) is 0 Å². The molecule has 11 heteroatoms. The first-order chi connectivity index (χ1) is 7.93. The molecule has 3 unspecified atom stereocenters. The molecule has 108 valence electrons. The summed E-state index contributed by atoms with van der Waals surface area (Å²) in [6.45, 7) is 3.40. The summed E-state index contributed by atoms with van der Waals surface area (Å²) in [4.78, 5) is 28.0. The van der Waals surface area contributed by atoms with Gasteiger partial charge in [-0.25, -0.2) is 0 Å². The Labute approximate surface area is 157 Å². The van der Waals surface area contributed by atoms with Gasteiger partial charge >= 0.3 is 55.8 Å². The van der Waals surface area contributed by atoms with E-state index in [0.29, 0.717) is 0 Å². The van der Waals surface area contributed by atoms with Crippen molar-refractivity contribution in [1.82, 2.24) is 0 Å². The van der Waals surface area contributed by atoms with E-state index in [2.05, 4.69) is 0 Å². The summed E-state index contributed by atoms with van der Waals surface area (Å²) in [7, 11) is 0. The molecule has 0 spiro atoms. The van der Waals surface area contributed by atoms with Gasteiger partial charge < -0.3 is 45.0 Å². The van der Waals surface area contributed by atoms with Crippen LogP contribution in [0.1, 0.15) is 20.8 Å². The Kier molecular flexibility index (Phi) is 30.9. The van der Waals surface area contributed by atoms with Crippen molar-refractivity contribution in [2.24, 2.45) is 0 Å². The maximum Gasteiger partial charge on any atom is 4.00 e. The molecule has 0 amide bonds. The third-order valence-corrected chi connectivity index (χ3v) is 1.02. The Morgan fingerprint density at radius 3 is 0.750 bits per heavy atom. The Hall–Kier alpha value is 0.173. The van der Waals surface area contributed by atoms with Crippen LogP contribution < -0.4 is 44.9 Å². The predicted molar refractivity (Wildman–Crippen MR) is 50.1 cm³/mol. The van der Waals surface area contributed by atoms with E-state index in [1.54, 1.807) is 0 Å². The molecule has 0 aliphatic heterocycles. The average Bonchev–Trinajstić information content (AvgIpc) is 2.18. The standard InChI is InChI=1S/3C3H6O3.Na.Zr/c3*1-2(4)3(5)6;;/h3*2,4H,1H3,(H,5,6);;/q;;;+1;+4/p-3. The van der Waals surface area contributed by atoms with Gasteiger partial charge in [0.1, 0.15) is 0 Å². The van der Waals surface area contributed by atoms with Gasteiger partial charge in [-0.05, 0) is 20.8 Å². The molecule has 0 rings (SSSR count). The maximum atomic E-state index is 9.34. The number of carboxylic acids is 3. The summed E-state index contributed by atoms with van der Waals surface area (Å²) < 4.78 is 0. The second kappa shape index (κ2) is 19.2. The summed E-state index contributed by atoms with van der Waals surface area (Å²) in [5, 5.41) is 51.9. The number of carbonyl (C=O) groups excluding carboxylic acids is 3. The van der Waals surface area contributed by atoms with Crippen LogP contribution >= 0.6 is 0 Å². The third-order valence-electron chi connectivity index (χ3n) is 1.02. The van der Waals surface area contributed by atoms with Crippen LogP contribution in [0.3, 0.4) is 0 Å². The minimum atomic E-state index is -1.44. The number of hydrogen-bond acceptors (Lipinski definition) is 9. The number of carbonyl (C=O) groups is 3. The van der Waals surface area contributed by atoms with Crippen LogP contribution in [0.4, 0.5) is 0 Å². The molecule has 20 heavy (non-hydrogen) atoms. The fraction of sp³-hybridized carbons (Fsp3) is 0.667. The van der Waals surface area contributed by atoms with Gasteiger partial charge in [-0.3, -0.25) is 0 Å². The van der Waals surface area contributed by atoms with Crippen molar-refractivity contribution in [3.8, 4) is 0 Å². The van der Waals surface area contributed by atoms with Gasteiger partial charge in [0.25, 0.3) is 0 Å². The molecule has 0 radical (unpaired) electrons. The normalized spacial score (nSPS) is 12.3. The van der Waals surface area contributed by atoms with Crippen LogP contribution in [0.5, 0.6) is 0 Å². The van der Waals surface area contributed by atoms with Gasteiger partial charge in [-0.15, -0.1) is 0 Å². The fourth-order valence-corrected chi connectivity index (χ4v) is 0. The van der Waals surface area contributed by atoms with Crippen molar-refractivity contribution in [1.29, 1.82) is 0 Å². The van der Waals surface area contributed by atoms with E-state index in [-0.39, 0.29) is 55.8 Å². The zero-order valence-corrected chi connectivity index (χ0v) is 16.0. The van der Waals surface area contributed by atoms with Crippen LogP contribution in [0.25, 0.3) is 0 Å². The summed E-state index contributed by atoms with van der Waals surface area (Å²) in [6.07, 6.45) is -4.03. The Morgan fingerprint density at radius 2 is 0.750 bits per heavy atom. The predicted octanol–water partition coefficient (Wildman–Crippen LogP) is -8.65. The second-order valence-corrected chi connectivity index (χ2v) is 2.99. The van der Waals surface area contributed by atoms with Crippen LogP contribution in [0, 0.1) is 0 Å². The van der Waals surface area contributed by atoms with E-state index in [1.807, 2.05) is 0 Å². The molecule has 0 aliphatic rings. The molecule has 3 atom stereocenters. The van der Waals surface area contributed by atoms with Crippen LogP contribution in [-0.2, 0) is 40.6 Å². The quantitative estimate of drug-likeness (QED) is 0.400. The Morgan fingerprint density at radius 1 is 0.700 bits per heavy atom. The van der Waals surface area contributed by atoms with Gasteiger partial charge in [-0.1, -0.05) is 0 Å². The molecule has 3 N–H and O–H groups in total. The summed E-state index contributed by atoms with van der Waals surface area (Å²) in [6, 6.07) is 0. The van der Waals surface area contributed by atoms with Gasteiger partial charge in [0.05, 0.1) is 36.2 Å². The summed E-state index contributed by atoms with van der Waals surface area (Å²) in [5.74, 6) is -4.31. The van der Waals surface area contributed by atoms with E-state index in [4.69, 9.17) is 15.3 Å². The number of carboxylic acid groups (broad SMARTS) is 3. The molecule has 0 saturated carbocycles. The zero-order valence-electron chi connectivity index (χ0n) is 11.5. The SMILES string of the molecule is CC(O)C(=O)[O-].CC(O)C(=O)[O-].CC(O)C(=O)[O-].[Na+].[Zr+4]. The van der Waals surface area contributed by atoms with Gasteiger partial charge in [0, 0.05) is 0 Å². The topological polar surface area (TPSA) is 181 Å². The third kappa shape index (κ3) is 36.2. The average molecular weight is 381 g/mol. The molecule has 0 aromatic rings. The van der Waals surface area contributed by atoms with Crippen LogP contribution in [0.2, 0.25) is 0 Å². The van der Waals surface area contributed by atoms with E-state index >= 15 is 0 Å². The number of aliphatic hydroxyl groups is 3. The maximum absolute atomic E-state index is 9.34. The number of hydrogen-bond donors (Lipinski definition) is 3. The minimum Gasteiger partial charge on any atom is -0.547 e. The molecule has 9 nitrogen and oxygen atoms in total. The molecule has 0 aromatic heterocycles. The van der Waals surface area contributed by atoms with Crippen molar-refractivity contribution in [3.05, 3.63) is 0 Å². The van der Waals surface area contributed by atoms with Crippen molar-refractivity contribution in [3.63, 3.8) is 0 Å². The molecule has 0 bridgehead atoms. The van der Waals surface area contributed by atoms with Crippen molar-refractivity contribution >= 4 is 17.9 Å². The van der Waals surface area contributed by atoms with Crippen LogP contribution in [0.15, 0.2) is 0 Å². The molecule has 0 aromatic carbocycles. The minimum absolute atomic E-state index is 0. The first-order valence-corrected chi connectivity index (χ1v) is 4.60. The molecule has 0 heterocycles. The molecular weight excluding hydrogens is 366 g/mol. The van der Waals surface area contributed by atoms with Gasteiger partial charge in [0.2, 0.25) is 0 Å². The summed E-state index contributed by atoms with van der Waals surface area (Å²) >= 11 is 0. The fourth-order valence-electron chi connectivity index (χ4n) is 0. The zero-order chi connectivity index (χ0) is 15.5. The number of rotatable bonds is 3. The second-order valence-electron chi connectivity index (χ2n) is 2.99. The van der Waals surface area contributed by atoms with E-state index in [9.17, 15) is 29.7 Å². The molecular formula is C9H15NaO9Zr+2. The Balaban J connectivity index is -0.0000000536. The monoisotopic (exact) mass is 380 g/mol. The van der Waals surface area contributed by atoms with Gasteiger partial charge in [0.15, 0.2) is 0 Å². The van der Waals surface area contributed by atoms with Crippen molar-refractivity contribution in [2.45, 2.75) is 39.1 Å². The molecule has 0 saturated heterocycles. The number of aliphatic hydroxyl groups excluding tert-OH is 3. The van der Waals surface area contributed by atoms with E-state index in [1.165, 1.54) is 0 Å².